The number of carbonyl (C=O) groups excluding carboxylic acids is 2. The number of esters is 1. The van der Waals surface area contributed by atoms with Crippen molar-refractivity contribution in [3.63, 3.8) is 0 Å². The normalized spacial score (nSPS) is 17.1. The molecule has 0 N–H and O–H groups in total. The number of pyridine rings is 1. The third-order valence-electron chi connectivity index (χ3n) is 6.38. The second-order valence-corrected chi connectivity index (χ2v) is 8.34. The monoisotopic (exact) mass is 452 g/mol. The number of rotatable bonds is 3. The number of hydrogen-bond acceptors (Lipinski definition) is 6. The van der Waals surface area contributed by atoms with E-state index in [1.807, 2.05) is 48.1 Å². The van der Waals surface area contributed by atoms with Gasteiger partial charge >= 0.3 is 5.97 Å². The van der Waals surface area contributed by atoms with Crippen LogP contribution in [-0.4, -0.2) is 28.4 Å². The van der Waals surface area contributed by atoms with Gasteiger partial charge in [0.2, 0.25) is 11.7 Å². The lowest BCUT2D eigenvalue weighted by molar-refractivity contribution is -0.140. The first-order valence-corrected chi connectivity index (χ1v) is 10.9. The first kappa shape index (κ1) is 20.2. The fourth-order valence-electron chi connectivity index (χ4n) is 4.78. The van der Waals surface area contributed by atoms with Crippen LogP contribution >= 0.6 is 0 Å². The van der Waals surface area contributed by atoms with Gasteiger partial charge < -0.3 is 18.8 Å². The second-order valence-electron chi connectivity index (χ2n) is 8.34. The molecule has 2 aromatic heterocycles. The Morgan fingerprint density at radius 3 is 2.85 bits per heavy atom. The molecule has 7 nitrogen and oxygen atoms in total. The lowest BCUT2D eigenvalue weighted by atomic mass is 9.85. The Morgan fingerprint density at radius 1 is 1.15 bits per heavy atom. The fraction of sp³-hybridized carbons (Fsp3) is 0.148. The van der Waals surface area contributed by atoms with Crippen molar-refractivity contribution in [1.29, 1.82) is 0 Å². The summed E-state index contributed by atoms with van der Waals surface area (Å²) in [5.41, 5.74) is 3.79. The van der Waals surface area contributed by atoms with Gasteiger partial charge in [-0.3, -0.25) is 9.59 Å². The van der Waals surface area contributed by atoms with Crippen LogP contribution in [0.2, 0.25) is 0 Å². The van der Waals surface area contributed by atoms with Crippen LogP contribution in [0.3, 0.4) is 0 Å². The summed E-state index contributed by atoms with van der Waals surface area (Å²) in [5.74, 6) is 0.587. The molecular formula is C27H20N2O5. The number of ketones is 1. The molecule has 0 fully saturated rings. The van der Waals surface area contributed by atoms with Crippen LogP contribution in [0, 0.1) is 0 Å². The lowest BCUT2D eigenvalue weighted by Gasteiger charge is -2.27. The summed E-state index contributed by atoms with van der Waals surface area (Å²) in [6.45, 7) is 0. The van der Waals surface area contributed by atoms with Crippen LogP contribution in [-0.2, 0) is 16.6 Å². The number of benzene rings is 2. The standard InChI is InChI=1S/C27H20N2O5/c1-29-14-15(16-6-3-4-8-20(16)29)12-22-25(31)18-9-10-21-24(26(18)33-22)19(13-23(30)32-2)17-7-5-11-28-27(17)34-21/h3-12,14,19H,13H2,1-2H3/b22-12-. The third-order valence-corrected chi connectivity index (χ3v) is 6.38. The van der Waals surface area contributed by atoms with Crippen molar-refractivity contribution in [1.82, 2.24) is 9.55 Å². The molecule has 2 aromatic carbocycles. The summed E-state index contributed by atoms with van der Waals surface area (Å²) in [5, 5.41) is 1.03. The van der Waals surface area contributed by atoms with Crippen LogP contribution < -0.4 is 9.47 Å². The molecule has 0 saturated heterocycles. The highest BCUT2D eigenvalue weighted by molar-refractivity contribution is 6.15. The number of nitrogens with zero attached hydrogens (tertiary/aromatic N) is 2. The minimum absolute atomic E-state index is 0.0714. The first-order valence-electron chi connectivity index (χ1n) is 10.9. The zero-order chi connectivity index (χ0) is 23.4. The Morgan fingerprint density at radius 2 is 2.00 bits per heavy atom. The number of aryl methyl sites for hydroxylation is 1. The number of hydrogen-bond donors (Lipinski definition) is 0. The maximum Gasteiger partial charge on any atom is 0.306 e. The van der Waals surface area contributed by atoms with Gasteiger partial charge in [0.25, 0.3) is 0 Å². The van der Waals surface area contributed by atoms with Crippen LogP contribution in [0.25, 0.3) is 17.0 Å². The van der Waals surface area contributed by atoms with Gasteiger partial charge in [-0.05, 0) is 30.3 Å². The maximum absolute atomic E-state index is 13.3. The van der Waals surface area contributed by atoms with Crippen LogP contribution in [0.4, 0.5) is 0 Å². The van der Waals surface area contributed by atoms with E-state index >= 15 is 0 Å². The smallest absolute Gasteiger partial charge is 0.306 e. The number of ether oxygens (including phenoxy) is 3. The number of Topliss-reactive ketones (excluding diaryl/α,β-unsaturated/α-hetero) is 1. The Bertz CT molecular complexity index is 1530. The molecule has 1 atom stereocenters. The van der Waals surface area contributed by atoms with Gasteiger partial charge in [-0.25, -0.2) is 4.98 Å². The Balaban J connectivity index is 1.47. The maximum atomic E-state index is 13.3. The summed E-state index contributed by atoms with van der Waals surface area (Å²) >= 11 is 0. The van der Waals surface area contributed by atoms with Crippen LogP contribution in [0.15, 0.2) is 66.7 Å². The largest absolute Gasteiger partial charge is 0.469 e. The minimum atomic E-state index is -0.417. The molecule has 6 rings (SSSR count). The highest BCUT2D eigenvalue weighted by atomic mass is 16.5. The topological polar surface area (TPSA) is 79.7 Å². The van der Waals surface area contributed by atoms with Gasteiger partial charge in [-0.2, -0.15) is 0 Å². The van der Waals surface area contributed by atoms with Gasteiger partial charge in [-0.1, -0.05) is 24.3 Å². The summed E-state index contributed by atoms with van der Waals surface area (Å²) in [6, 6.07) is 15.1. The number of fused-ring (bicyclic) bond motifs is 5. The average molecular weight is 452 g/mol. The van der Waals surface area contributed by atoms with E-state index in [1.54, 1.807) is 30.5 Å². The Labute approximate surface area is 195 Å². The fourth-order valence-corrected chi connectivity index (χ4v) is 4.78. The molecule has 2 aliphatic rings. The van der Waals surface area contributed by atoms with Gasteiger partial charge in [0.15, 0.2) is 5.76 Å². The van der Waals surface area contributed by atoms with Gasteiger partial charge in [0.05, 0.1) is 19.1 Å². The van der Waals surface area contributed by atoms with Gasteiger partial charge in [0.1, 0.15) is 11.5 Å². The molecule has 168 valence electrons. The molecule has 1 unspecified atom stereocenters. The van der Waals surface area contributed by atoms with E-state index in [2.05, 4.69) is 4.98 Å². The molecule has 34 heavy (non-hydrogen) atoms. The molecule has 7 heteroatoms. The molecule has 4 heterocycles. The van der Waals surface area contributed by atoms with E-state index < -0.39 is 5.92 Å². The average Bonchev–Trinajstić information content (AvgIpc) is 3.35. The van der Waals surface area contributed by atoms with Crippen molar-refractivity contribution < 1.29 is 23.8 Å². The highest BCUT2D eigenvalue weighted by Gasteiger charge is 2.39. The summed E-state index contributed by atoms with van der Waals surface area (Å²) in [7, 11) is 3.32. The van der Waals surface area contributed by atoms with Crippen molar-refractivity contribution in [2.24, 2.45) is 7.05 Å². The van der Waals surface area contributed by atoms with E-state index in [9.17, 15) is 9.59 Å². The number of aromatic nitrogens is 2. The molecule has 0 spiro atoms. The molecule has 4 aromatic rings. The van der Waals surface area contributed by atoms with E-state index in [-0.39, 0.29) is 23.9 Å². The highest BCUT2D eigenvalue weighted by Crippen LogP contribution is 2.52. The van der Waals surface area contributed by atoms with E-state index in [1.165, 1.54) is 7.11 Å². The zero-order valence-corrected chi connectivity index (χ0v) is 18.6. The van der Waals surface area contributed by atoms with Crippen molar-refractivity contribution in [2.45, 2.75) is 12.3 Å². The summed E-state index contributed by atoms with van der Waals surface area (Å²) in [4.78, 5) is 29.9. The molecule has 0 saturated carbocycles. The second kappa shape index (κ2) is 7.59. The number of para-hydroxylation sites is 1. The molecule has 0 aliphatic carbocycles. The van der Waals surface area contributed by atoms with Gasteiger partial charge in [0, 0.05) is 53.0 Å². The molecular weight excluding hydrogens is 432 g/mol. The quantitative estimate of drug-likeness (QED) is 0.322. The van der Waals surface area contributed by atoms with Gasteiger partial charge in [-0.15, -0.1) is 0 Å². The predicted octanol–water partition coefficient (Wildman–Crippen LogP) is 4.99. The molecule has 2 aliphatic heterocycles. The van der Waals surface area contributed by atoms with Crippen molar-refractivity contribution in [2.75, 3.05) is 7.11 Å². The van der Waals surface area contributed by atoms with Crippen LogP contribution in [0.5, 0.6) is 17.4 Å². The minimum Gasteiger partial charge on any atom is -0.469 e. The molecule has 0 radical (unpaired) electrons. The Kier molecular flexibility index (Phi) is 4.52. The van der Waals surface area contributed by atoms with Crippen molar-refractivity contribution in [3.8, 4) is 17.4 Å². The molecule has 0 bridgehead atoms. The van der Waals surface area contributed by atoms with Crippen LogP contribution in [0.1, 0.15) is 39.4 Å². The summed E-state index contributed by atoms with van der Waals surface area (Å²) < 4.78 is 19.2. The van der Waals surface area contributed by atoms with E-state index in [0.29, 0.717) is 28.5 Å². The number of carbonyl (C=O) groups is 2. The van der Waals surface area contributed by atoms with Crippen molar-refractivity contribution >= 4 is 28.7 Å². The first-order chi connectivity index (χ1) is 16.5. The van der Waals surface area contributed by atoms with E-state index in [0.717, 1.165) is 22.0 Å². The SMILES string of the molecule is COC(=O)CC1c2cccnc2Oc2ccc3c(c21)O/C(=C\c1cn(C)c2ccccc12)C3=O. The Hall–Kier alpha value is -4.39. The lowest BCUT2D eigenvalue weighted by Crippen LogP contribution is -2.16. The van der Waals surface area contributed by atoms with Crippen molar-refractivity contribution in [3.05, 3.63) is 88.9 Å². The van der Waals surface area contributed by atoms with E-state index in [4.69, 9.17) is 14.2 Å². The molecule has 0 amide bonds. The number of allylic oxidation sites excluding steroid dienone is 1. The zero-order valence-electron chi connectivity index (χ0n) is 18.6. The number of methoxy groups -OCH3 is 1. The summed E-state index contributed by atoms with van der Waals surface area (Å²) in [6.07, 6.45) is 5.45. The predicted molar refractivity (Wildman–Crippen MR) is 125 cm³/mol. The third kappa shape index (κ3) is 3.01.